The maximum atomic E-state index is 14.1. The second-order valence-corrected chi connectivity index (χ2v) is 4.35. The molecule has 0 unspecified atom stereocenters. The number of hydrogen-bond donors (Lipinski definition) is 1. The van der Waals surface area contributed by atoms with Gasteiger partial charge in [-0.1, -0.05) is 12.1 Å². The molecule has 2 rings (SSSR count). The molecule has 1 aromatic rings. The minimum Gasteiger partial charge on any atom is -0.497 e. The normalized spacial score (nSPS) is 16.5. The molecule has 1 saturated heterocycles. The van der Waals surface area contributed by atoms with Gasteiger partial charge >= 0.3 is 0 Å². The highest BCUT2D eigenvalue weighted by Gasteiger charge is 2.22. The summed E-state index contributed by atoms with van der Waals surface area (Å²) in [5, 5.41) is 3.29. The highest BCUT2D eigenvalue weighted by atomic mass is 35.5. The van der Waals surface area contributed by atoms with Crippen molar-refractivity contribution in [2.75, 3.05) is 33.3 Å². The third-order valence-electron chi connectivity index (χ3n) is 3.29. The van der Waals surface area contributed by atoms with Crippen molar-refractivity contribution >= 4 is 24.8 Å². The zero-order valence-corrected chi connectivity index (χ0v) is 13.1. The Balaban J connectivity index is 0.00000180. The quantitative estimate of drug-likeness (QED) is 0.863. The monoisotopic (exact) mass is 322 g/mol. The molecule has 0 bridgehead atoms. The van der Waals surface area contributed by atoms with Crippen LogP contribution in [0.25, 0.3) is 0 Å². The van der Waals surface area contributed by atoms with Gasteiger partial charge in [0.25, 0.3) is 0 Å². The number of hydrogen-bond acceptors (Lipinski definition) is 3. The van der Waals surface area contributed by atoms with E-state index in [0.717, 1.165) is 26.2 Å². The molecule has 0 radical (unpaired) electrons. The summed E-state index contributed by atoms with van der Waals surface area (Å²) in [6.45, 7) is 7.51. The van der Waals surface area contributed by atoms with Crippen molar-refractivity contribution < 1.29 is 9.13 Å². The molecule has 1 N–H and O–H groups in total. The minimum absolute atomic E-state index is 0. The van der Waals surface area contributed by atoms with Gasteiger partial charge in [0.05, 0.1) is 13.2 Å². The van der Waals surface area contributed by atoms with Crippen molar-refractivity contribution in [1.29, 1.82) is 0 Å². The minimum atomic E-state index is -0.238. The van der Waals surface area contributed by atoms with Gasteiger partial charge in [0, 0.05) is 37.8 Å². The van der Waals surface area contributed by atoms with Crippen LogP contribution in [0.1, 0.15) is 11.6 Å². The number of halogens is 3. The van der Waals surface area contributed by atoms with Crippen LogP contribution in [0.3, 0.4) is 0 Å². The fraction of sp³-hybridized carbons (Fsp3) is 0.429. The van der Waals surface area contributed by atoms with Crippen LogP contribution in [-0.2, 0) is 0 Å². The van der Waals surface area contributed by atoms with Gasteiger partial charge in [-0.25, -0.2) is 4.39 Å². The first-order valence-corrected chi connectivity index (χ1v) is 6.17. The van der Waals surface area contributed by atoms with E-state index in [2.05, 4.69) is 16.8 Å². The van der Waals surface area contributed by atoms with Crippen molar-refractivity contribution in [2.45, 2.75) is 6.04 Å². The zero-order chi connectivity index (χ0) is 13.0. The fourth-order valence-corrected chi connectivity index (χ4v) is 2.31. The van der Waals surface area contributed by atoms with Crippen LogP contribution < -0.4 is 10.1 Å². The fourth-order valence-electron chi connectivity index (χ4n) is 2.31. The molecular formula is C14H21Cl2FN2O. The largest absolute Gasteiger partial charge is 0.497 e. The molecule has 0 aromatic heterocycles. The summed E-state index contributed by atoms with van der Waals surface area (Å²) < 4.78 is 19.1. The van der Waals surface area contributed by atoms with E-state index < -0.39 is 0 Å². The van der Waals surface area contributed by atoms with Gasteiger partial charge in [-0.05, 0) is 6.07 Å². The highest BCUT2D eigenvalue weighted by molar-refractivity contribution is 5.85. The number of benzene rings is 1. The Bertz CT molecular complexity index is 426. The molecule has 0 saturated carbocycles. The maximum Gasteiger partial charge on any atom is 0.131 e. The number of methoxy groups -OCH3 is 1. The van der Waals surface area contributed by atoms with Crippen LogP contribution >= 0.6 is 24.8 Å². The van der Waals surface area contributed by atoms with E-state index in [9.17, 15) is 4.39 Å². The standard InChI is InChI=1S/C14H19FN2O.2ClH/c1-3-14(17-8-6-16-7-9-17)12-5-4-11(18-2)10-13(12)15;;/h3-5,10,14,16H,1,6-9H2,2H3;2*1H/t14-;;/m0../s1. The highest BCUT2D eigenvalue weighted by Crippen LogP contribution is 2.27. The molecule has 0 amide bonds. The number of rotatable bonds is 4. The summed E-state index contributed by atoms with van der Waals surface area (Å²) in [4.78, 5) is 2.23. The first kappa shape index (κ1) is 19.2. The van der Waals surface area contributed by atoms with Crippen molar-refractivity contribution in [3.63, 3.8) is 0 Å². The topological polar surface area (TPSA) is 24.5 Å². The molecule has 1 heterocycles. The van der Waals surface area contributed by atoms with Crippen LogP contribution in [0.2, 0.25) is 0 Å². The van der Waals surface area contributed by atoms with Gasteiger partial charge in [0.1, 0.15) is 11.6 Å². The SMILES string of the molecule is C=C[C@@H](c1ccc(OC)cc1F)N1CCNCC1.Cl.Cl. The Morgan fingerprint density at radius 1 is 1.35 bits per heavy atom. The van der Waals surface area contributed by atoms with E-state index >= 15 is 0 Å². The lowest BCUT2D eigenvalue weighted by molar-refractivity contribution is 0.200. The predicted molar refractivity (Wildman–Crippen MR) is 84.8 cm³/mol. The second-order valence-electron chi connectivity index (χ2n) is 4.35. The Morgan fingerprint density at radius 3 is 2.50 bits per heavy atom. The maximum absolute atomic E-state index is 14.1. The lowest BCUT2D eigenvalue weighted by Crippen LogP contribution is -2.44. The van der Waals surface area contributed by atoms with E-state index in [4.69, 9.17) is 4.74 Å². The molecule has 1 fully saturated rings. The van der Waals surface area contributed by atoms with Crippen molar-refractivity contribution in [3.05, 3.63) is 42.2 Å². The van der Waals surface area contributed by atoms with E-state index in [1.54, 1.807) is 18.2 Å². The second kappa shape index (κ2) is 9.19. The predicted octanol–water partition coefficient (Wildman–Crippen LogP) is 2.81. The van der Waals surface area contributed by atoms with Gasteiger partial charge in [0.15, 0.2) is 0 Å². The lowest BCUT2D eigenvalue weighted by atomic mass is 10.0. The third kappa shape index (κ3) is 4.35. The molecule has 1 aliphatic rings. The average Bonchev–Trinajstić information content (AvgIpc) is 2.42. The van der Waals surface area contributed by atoms with Gasteiger partial charge < -0.3 is 10.1 Å². The van der Waals surface area contributed by atoms with E-state index in [1.807, 2.05) is 0 Å². The van der Waals surface area contributed by atoms with Crippen LogP contribution in [-0.4, -0.2) is 38.2 Å². The number of ether oxygens (including phenoxy) is 1. The summed E-state index contributed by atoms with van der Waals surface area (Å²) in [7, 11) is 1.54. The molecule has 1 atom stereocenters. The molecule has 0 spiro atoms. The van der Waals surface area contributed by atoms with Crippen LogP contribution in [0.4, 0.5) is 4.39 Å². The molecular weight excluding hydrogens is 302 g/mol. The molecule has 20 heavy (non-hydrogen) atoms. The Labute approximate surface area is 132 Å². The van der Waals surface area contributed by atoms with Crippen molar-refractivity contribution in [2.24, 2.45) is 0 Å². The van der Waals surface area contributed by atoms with Crippen molar-refractivity contribution in [1.82, 2.24) is 10.2 Å². The molecule has 1 aromatic carbocycles. The van der Waals surface area contributed by atoms with E-state index in [1.165, 1.54) is 13.2 Å². The summed E-state index contributed by atoms with van der Waals surface area (Å²) in [5.41, 5.74) is 0.660. The lowest BCUT2D eigenvalue weighted by Gasteiger charge is -2.33. The van der Waals surface area contributed by atoms with Crippen LogP contribution in [0.15, 0.2) is 30.9 Å². The number of nitrogens with zero attached hydrogens (tertiary/aromatic N) is 1. The zero-order valence-electron chi connectivity index (χ0n) is 11.5. The van der Waals surface area contributed by atoms with Gasteiger partial charge in [0.2, 0.25) is 0 Å². The molecule has 1 aliphatic heterocycles. The van der Waals surface area contributed by atoms with E-state index in [0.29, 0.717) is 11.3 Å². The van der Waals surface area contributed by atoms with Gasteiger partial charge in [-0.3, -0.25) is 4.90 Å². The summed E-state index contributed by atoms with van der Waals surface area (Å²) in [6.07, 6.45) is 1.80. The van der Waals surface area contributed by atoms with Gasteiger partial charge in [-0.2, -0.15) is 0 Å². The number of piperazine rings is 1. The Morgan fingerprint density at radius 2 is 2.00 bits per heavy atom. The van der Waals surface area contributed by atoms with Gasteiger partial charge in [-0.15, -0.1) is 31.4 Å². The van der Waals surface area contributed by atoms with E-state index in [-0.39, 0.29) is 36.7 Å². The molecule has 114 valence electrons. The molecule has 3 nitrogen and oxygen atoms in total. The third-order valence-corrected chi connectivity index (χ3v) is 3.29. The number of nitrogens with one attached hydrogen (secondary N) is 1. The Hall–Kier alpha value is -0.810. The van der Waals surface area contributed by atoms with Crippen molar-refractivity contribution in [3.8, 4) is 5.75 Å². The Kier molecular flexibility index (Phi) is 8.81. The smallest absolute Gasteiger partial charge is 0.131 e. The first-order valence-electron chi connectivity index (χ1n) is 6.17. The summed E-state index contributed by atoms with van der Waals surface area (Å²) in [6, 6.07) is 4.92. The molecule has 6 heteroatoms. The average molecular weight is 323 g/mol. The van der Waals surface area contributed by atoms with Crippen LogP contribution in [0, 0.1) is 5.82 Å². The molecule has 0 aliphatic carbocycles. The first-order chi connectivity index (χ1) is 8.76. The van der Waals surface area contributed by atoms with Crippen LogP contribution in [0.5, 0.6) is 5.75 Å². The summed E-state index contributed by atoms with van der Waals surface area (Å²) in [5.74, 6) is 0.303. The summed E-state index contributed by atoms with van der Waals surface area (Å²) >= 11 is 0.